The van der Waals surface area contributed by atoms with E-state index in [1.54, 1.807) is 35.0 Å². The molecule has 8 heteroatoms. The highest BCUT2D eigenvalue weighted by molar-refractivity contribution is 7.89. The standard InChI is InChI=1S/C24H30N4O3S/c1-24(2,3)20-10-12-22(13-11-20)32(30,31)26-15-14-23(29)27(4)17-19-16-25-28(18-19)21-8-6-5-7-9-21/h5-13,16,18,26H,14-15,17H2,1-4H3. The van der Waals surface area contributed by atoms with Crippen molar-refractivity contribution in [1.29, 1.82) is 0 Å². The van der Waals surface area contributed by atoms with Crippen LogP contribution in [0.5, 0.6) is 0 Å². The van der Waals surface area contributed by atoms with E-state index >= 15 is 0 Å². The van der Waals surface area contributed by atoms with Gasteiger partial charge in [0.1, 0.15) is 0 Å². The third-order valence-electron chi connectivity index (χ3n) is 5.16. The van der Waals surface area contributed by atoms with Crippen LogP contribution in [0.1, 0.15) is 38.3 Å². The maximum absolute atomic E-state index is 12.5. The molecular weight excluding hydrogens is 424 g/mol. The van der Waals surface area contributed by atoms with Crippen molar-refractivity contribution in [2.24, 2.45) is 0 Å². The monoisotopic (exact) mass is 454 g/mol. The van der Waals surface area contributed by atoms with E-state index in [0.29, 0.717) is 6.54 Å². The minimum atomic E-state index is -3.66. The minimum Gasteiger partial charge on any atom is -0.341 e. The summed E-state index contributed by atoms with van der Waals surface area (Å²) in [7, 11) is -1.97. The number of benzene rings is 2. The van der Waals surface area contributed by atoms with Crippen LogP contribution in [-0.2, 0) is 26.8 Å². The first kappa shape index (κ1) is 23.7. The third kappa shape index (κ3) is 6.05. The Morgan fingerprint density at radius 1 is 1.06 bits per heavy atom. The molecule has 32 heavy (non-hydrogen) atoms. The molecule has 0 bridgehead atoms. The number of para-hydroxylation sites is 1. The lowest BCUT2D eigenvalue weighted by molar-refractivity contribution is -0.130. The number of hydrogen-bond donors (Lipinski definition) is 1. The number of carbonyl (C=O) groups excluding carboxylic acids is 1. The molecule has 0 radical (unpaired) electrons. The second-order valence-corrected chi connectivity index (χ2v) is 10.6. The van der Waals surface area contributed by atoms with Crippen LogP contribution in [0.15, 0.2) is 71.9 Å². The van der Waals surface area contributed by atoms with Crippen molar-refractivity contribution in [3.05, 3.63) is 78.1 Å². The zero-order valence-corrected chi connectivity index (χ0v) is 19.8. The molecule has 0 aliphatic carbocycles. The summed E-state index contributed by atoms with van der Waals surface area (Å²) in [5.74, 6) is -0.150. The minimum absolute atomic E-state index is 0.0375. The summed E-state index contributed by atoms with van der Waals surface area (Å²) in [4.78, 5) is 14.2. The molecule has 0 aliphatic rings. The Kier molecular flexibility index (Phi) is 7.16. The second kappa shape index (κ2) is 9.67. The van der Waals surface area contributed by atoms with E-state index in [9.17, 15) is 13.2 Å². The molecule has 1 aromatic heterocycles. The molecule has 170 valence electrons. The number of nitrogens with one attached hydrogen (secondary N) is 1. The van der Waals surface area contributed by atoms with E-state index in [1.165, 1.54) is 0 Å². The maximum Gasteiger partial charge on any atom is 0.240 e. The molecule has 2 aromatic carbocycles. The number of rotatable bonds is 8. The van der Waals surface area contributed by atoms with Crippen LogP contribution in [0.4, 0.5) is 0 Å². The lowest BCUT2D eigenvalue weighted by atomic mass is 9.87. The van der Waals surface area contributed by atoms with Gasteiger partial charge in [-0.3, -0.25) is 4.79 Å². The van der Waals surface area contributed by atoms with Crippen LogP contribution in [0.2, 0.25) is 0 Å². The van der Waals surface area contributed by atoms with Gasteiger partial charge in [0.15, 0.2) is 0 Å². The molecule has 0 aliphatic heterocycles. The van der Waals surface area contributed by atoms with Crippen LogP contribution in [-0.4, -0.2) is 42.6 Å². The van der Waals surface area contributed by atoms with Crippen molar-refractivity contribution in [1.82, 2.24) is 19.4 Å². The lowest BCUT2D eigenvalue weighted by Crippen LogP contribution is -2.31. The predicted octanol–water partition coefficient (Wildman–Crippen LogP) is 3.50. The Hall–Kier alpha value is -2.97. The fourth-order valence-corrected chi connectivity index (χ4v) is 4.26. The molecular formula is C24H30N4O3S. The van der Waals surface area contributed by atoms with Gasteiger partial charge in [0, 0.05) is 38.3 Å². The first-order valence-corrected chi connectivity index (χ1v) is 12.0. The van der Waals surface area contributed by atoms with Gasteiger partial charge in [-0.1, -0.05) is 51.1 Å². The van der Waals surface area contributed by atoms with E-state index in [2.05, 4.69) is 30.6 Å². The van der Waals surface area contributed by atoms with Gasteiger partial charge in [0.25, 0.3) is 0 Å². The van der Waals surface area contributed by atoms with E-state index in [4.69, 9.17) is 0 Å². The van der Waals surface area contributed by atoms with Crippen LogP contribution in [0, 0.1) is 0 Å². The predicted molar refractivity (Wildman–Crippen MR) is 125 cm³/mol. The molecule has 0 unspecified atom stereocenters. The van der Waals surface area contributed by atoms with Crippen molar-refractivity contribution in [3.8, 4) is 5.69 Å². The van der Waals surface area contributed by atoms with E-state index in [1.807, 2.05) is 48.7 Å². The molecule has 3 rings (SSSR count). The summed E-state index contributed by atoms with van der Waals surface area (Å²) in [5, 5.41) is 4.34. The second-order valence-electron chi connectivity index (χ2n) is 8.80. The van der Waals surface area contributed by atoms with Gasteiger partial charge >= 0.3 is 0 Å². The van der Waals surface area contributed by atoms with Gasteiger partial charge in [-0.2, -0.15) is 5.10 Å². The smallest absolute Gasteiger partial charge is 0.240 e. The normalized spacial score (nSPS) is 12.0. The summed E-state index contributed by atoms with van der Waals surface area (Å²) < 4.78 is 29.3. The van der Waals surface area contributed by atoms with Crippen molar-refractivity contribution in [2.45, 2.75) is 44.0 Å². The number of sulfonamides is 1. The molecule has 0 saturated heterocycles. The molecule has 7 nitrogen and oxygen atoms in total. The SMILES string of the molecule is CN(Cc1cnn(-c2ccccc2)c1)C(=O)CCNS(=O)(=O)c1ccc(C(C)(C)C)cc1. The number of hydrogen-bond acceptors (Lipinski definition) is 4. The Bertz CT molecular complexity index is 1150. The topological polar surface area (TPSA) is 84.3 Å². The number of carbonyl (C=O) groups is 1. The van der Waals surface area contributed by atoms with Gasteiger partial charge < -0.3 is 4.90 Å². The van der Waals surface area contributed by atoms with Gasteiger partial charge in [-0.05, 0) is 35.2 Å². The molecule has 0 fully saturated rings. The first-order chi connectivity index (χ1) is 15.1. The van der Waals surface area contributed by atoms with Crippen molar-refractivity contribution in [2.75, 3.05) is 13.6 Å². The highest BCUT2D eigenvalue weighted by atomic mass is 32.2. The van der Waals surface area contributed by atoms with Gasteiger partial charge in [0.05, 0.1) is 16.8 Å². The van der Waals surface area contributed by atoms with Gasteiger partial charge in [-0.15, -0.1) is 0 Å². The molecule has 0 saturated carbocycles. The van der Waals surface area contributed by atoms with Crippen molar-refractivity contribution in [3.63, 3.8) is 0 Å². The maximum atomic E-state index is 12.5. The van der Waals surface area contributed by atoms with Crippen LogP contribution >= 0.6 is 0 Å². The summed E-state index contributed by atoms with van der Waals surface area (Å²) in [6.07, 6.45) is 3.67. The fourth-order valence-electron chi connectivity index (χ4n) is 3.23. The van der Waals surface area contributed by atoms with Crippen molar-refractivity contribution < 1.29 is 13.2 Å². The van der Waals surface area contributed by atoms with Gasteiger partial charge in [-0.25, -0.2) is 17.8 Å². The van der Waals surface area contributed by atoms with E-state index in [-0.39, 0.29) is 29.2 Å². The number of nitrogens with zero attached hydrogens (tertiary/aromatic N) is 3. The Labute approximate surface area is 190 Å². The van der Waals surface area contributed by atoms with Gasteiger partial charge in [0.2, 0.25) is 15.9 Å². The molecule has 1 amide bonds. The zero-order chi connectivity index (χ0) is 23.4. The largest absolute Gasteiger partial charge is 0.341 e. The average Bonchev–Trinajstić information content (AvgIpc) is 3.22. The van der Waals surface area contributed by atoms with Crippen LogP contribution < -0.4 is 4.72 Å². The summed E-state index contributed by atoms with van der Waals surface area (Å²) in [6.45, 7) is 6.65. The Morgan fingerprint density at radius 3 is 2.34 bits per heavy atom. The zero-order valence-electron chi connectivity index (χ0n) is 18.9. The Morgan fingerprint density at radius 2 is 1.72 bits per heavy atom. The van der Waals surface area contributed by atoms with E-state index in [0.717, 1.165) is 16.8 Å². The summed E-state index contributed by atoms with van der Waals surface area (Å²) >= 11 is 0. The first-order valence-electron chi connectivity index (χ1n) is 10.5. The third-order valence-corrected chi connectivity index (χ3v) is 6.64. The van der Waals surface area contributed by atoms with Crippen LogP contribution in [0.25, 0.3) is 5.69 Å². The molecule has 0 atom stereocenters. The quantitative estimate of drug-likeness (QED) is 0.565. The fraction of sp³-hybridized carbons (Fsp3) is 0.333. The summed E-state index contributed by atoms with van der Waals surface area (Å²) in [5.41, 5.74) is 2.84. The molecule has 0 spiro atoms. The molecule has 3 aromatic rings. The molecule has 1 N–H and O–H groups in total. The number of amides is 1. The number of aromatic nitrogens is 2. The lowest BCUT2D eigenvalue weighted by Gasteiger charge is -2.19. The molecule has 1 heterocycles. The van der Waals surface area contributed by atoms with E-state index < -0.39 is 10.0 Å². The highest BCUT2D eigenvalue weighted by Gasteiger charge is 2.18. The van der Waals surface area contributed by atoms with Crippen molar-refractivity contribution >= 4 is 15.9 Å². The summed E-state index contributed by atoms with van der Waals surface area (Å²) in [6, 6.07) is 16.6. The average molecular weight is 455 g/mol. The van der Waals surface area contributed by atoms with Crippen LogP contribution in [0.3, 0.4) is 0 Å². The Balaban J connectivity index is 1.51. The highest BCUT2D eigenvalue weighted by Crippen LogP contribution is 2.23.